The van der Waals surface area contributed by atoms with Crippen LogP contribution in [0.3, 0.4) is 0 Å². The van der Waals surface area contributed by atoms with Gasteiger partial charge in [-0.25, -0.2) is 5.43 Å². The molecule has 0 saturated carbocycles. The number of amides is 2. The van der Waals surface area contributed by atoms with E-state index in [-0.39, 0.29) is 11.8 Å². The van der Waals surface area contributed by atoms with Gasteiger partial charge in [0.15, 0.2) is 11.5 Å². The Morgan fingerprint density at radius 1 is 0.968 bits per heavy atom. The van der Waals surface area contributed by atoms with E-state index >= 15 is 0 Å². The van der Waals surface area contributed by atoms with E-state index in [1.807, 2.05) is 32.9 Å². The van der Waals surface area contributed by atoms with Crippen molar-refractivity contribution in [2.75, 3.05) is 21.3 Å². The van der Waals surface area contributed by atoms with Crippen molar-refractivity contribution in [3.05, 3.63) is 53.1 Å². The van der Waals surface area contributed by atoms with Crippen LogP contribution in [0.2, 0.25) is 0 Å². The van der Waals surface area contributed by atoms with Gasteiger partial charge >= 0.3 is 0 Å². The highest BCUT2D eigenvalue weighted by atomic mass is 16.5. The number of nitrogens with zero attached hydrogens (tertiary/aromatic N) is 1. The van der Waals surface area contributed by atoms with Crippen LogP contribution in [-0.2, 0) is 4.79 Å². The normalized spacial score (nSPS) is 11.8. The van der Waals surface area contributed by atoms with Crippen molar-refractivity contribution in [2.45, 2.75) is 26.8 Å². The first-order chi connectivity index (χ1) is 14.8. The van der Waals surface area contributed by atoms with E-state index in [4.69, 9.17) is 14.2 Å². The Hall–Kier alpha value is -3.55. The Morgan fingerprint density at radius 3 is 2.03 bits per heavy atom. The van der Waals surface area contributed by atoms with Crippen LogP contribution in [-0.4, -0.2) is 45.4 Å². The minimum absolute atomic E-state index is 0.134. The van der Waals surface area contributed by atoms with Gasteiger partial charge in [-0.1, -0.05) is 31.5 Å². The number of methoxy groups -OCH3 is 3. The highest BCUT2D eigenvalue weighted by molar-refractivity contribution is 5.97. The molecule has 2 aromatic rings. The summed E-state index contributed by atoms with van der Waals surface area (Å²) in [5.74, 6) is 0.539. The lowest BCUT2D eigenvalue weighted by Crippen LogP contribution is -2.48. The average molecular weight is 428 g/mol. The molecule has 8 heteroatoms. The molecule has 2 rings (SSSR count). The highest BCUT2D eigenvalue weighted by Crippen LogP contribution is 2.37. The number of hydrogen-bond donors (Lipinski definition) is 2. The molecule has 1 unspecified atom stereocenters. The van der Waals surface area contributed by atoms with Crippen LogP contribution >= 0.6 is 0 Å². The third kappa shape index (κ3) is 6.21. The first kappa shape index (κ1) is 23.7. The van der Waals surface area contributed by atoms with Crippen LogP contribution in [0.4, 0.5) is 0 Å². The fraction of sp³-hybridized carbons (Fsp3) is 0.348. The van der Waals surface area contributed by atoms with Gasteiger partial charge in [-0.3, -0.25) is 9.59 Å². The number of nitrogens with one attached hydrogen (secondary N) is 2. The molecule has 166 valence electrons. The van der Waals surface area contributed by atoms with Crippen LogP contribution < -0.4 is 25.0 Å². The van der Waals surface area contributed by atoms with Crippen molar-refractivity contribution in [1.29, 1.82) is 0 Å². The van der Waals surface area contributed by atoms with Crippen LogP contribution in [0.5, 0.6) is 17.2 Å². The molecule has 0 radical (unpaired) electrons. The molecule has 0 fully saturated rings. The van der Waals surface area contributed by atoms with Gasteiger partial charge < -0.3 is 19.5 Å². The number of ether oxygens (including phenoxy) is 3. The summed E-state index contributed by atoms with van der Waals surface area (Å²) in [6.45, 7) is 5.64. The number of aryl methyl sites for hydroxylation is 1. The fourth-order valence-corrected chi connectivity index (χ4v) is 2.88. The lowest BCUT2D eigenvalue weighted by Gasteiger charge is -2.20. The number of rotatable bonds is 9. The lowest BCUT2D eigenvalue weighted by atomic mass is 10.0. The Balaban J connectivity index is 2.10. The van der Waals surface area contributed by atoms with Gasteiger partial charge in [0.25, 0.3) is 11.8 Å². The molecule has 0 aliphatic heterocycles. The standard InChI is InChI=1S/C23H29N3O5/c1-14(2)20(25-22(27)17-9-7-15(3)8-10-17)23(28)26-24-13-16-11-18(29-4)21(31-6)19(12-16)30-5/h7-14,20H,1-6H3,(H,25,27)(H,26,28)/b24-13-. The Labute approximate surface area is 182 Å². The van der Waals surface area contributed by atoms with Crippen molar-refractivity contribution < 1.29 is 23.8 Å². The van der Waals surface area contributed by atoms with Crippen molar-refractivity contribution in [3.63, 3.8) is 0 Å². The predicted octanol–water partition coefficient (Wildman–Crippen LogP) is 2.93. The number of hydrogen-bond acceptors (Lipinski definition) is 6. The summed E-state index contributed by atoms with van der Waals surface area (Å²) in [4.78, 5) is 25.1. The maximum absolute atomic E-state index is 12.6. The van der Waals surface area contributed by atoms with Gasteiger partial charge in [0.2, 0.25) is 5.75 Å². The smallest absolute Gasteiger partial charge is 0.262 e. The van der Waals surface area contributed by atoms with Crippen molar-refractivity contribution in [1.82, 2.24) is 10.7 Å². The molecule has 31 heavy (non-hydrogen) atoms. The van der Waals surface area contributed by atoms with Crippen molar-refractivity contribution in [3.8, 4) is 17.2 Å². The van der Waals surface area contributed by atoms with E-state index in [9.17, 15) is 9.59 Å². The largest absolute Gasteiger partial charge is 0.493 e. The third-order valence-electron chi connectivity index (χ3n) is 4.62. The summed E-state index contributed by atoms with van der Waals surface area (Å²) in [5, 5.41) is 6.79. The summed E-state index contributed by atoms with van der Waals surface area (Å²) >= 11 is 0. The summed E-state index contributed by atoms with van der Waals surface area (Å²) < 4.78 is 15.9. The maximum atomic E-state index is 12.6. The van der Waals surface area contributed by atoms with Crippen molar-refractivity contribution >= 4 is 18.0 Å². The molecule has 0 bridgehead atoms. The molecule has 2 N–H and O–H groups in total. The average Bonchev–Trinajstić information content (AvgIpc) is 2.76. The first-order valence-electron chi connectivity index (χ1n) is 9.81. The molecule has 0 aliphatic rings. The summed E-state index contributed by atoms with van der Waals surface area (Å²) in [5.41, 5.74) is 4.67. The second kappa shape index (κ2) is 11.0. The van der Waals surface area contributed by atoms with Gasteiger partial charge in [-0.05, 0) is 37.1 Å². The maximum Gasteiger partial charge on any atom is 0.262 e. The fourth-order valence-electron chi connectivity index (χ4n) is 2.88. The zero-order valence-electron chi connectivity index (χ0n) is 18.7. The lowest BCUT2D eigenvalue weighted by molar-refractivity contribution is -0.123. The van der Waals surface area contributed by atoms with Crippen molar-refractivity contribution in [2.24, 2.45) is 11.0 Å². The van der Waals surface area contributed by atoms with E-state index in [1.54, 1.807) is 24.3 Å². The molecule has 0 aliphatic carbocycles. The van der Waals surface area contributed by atoms with Gasteiger partial charge in [0, 0.05) is 11.1 Å². The summed E-state index contributed by atoms with van der Waals surface area (Å²) in [6, 6.07) is 9.81. The third-order valence-corrected chi connectivity index (χ3v) is 4.62. The SMILES string of the molecule is COc1cc(/C=N\NC(=O)C(NC(=O)c2ccc(C)cc2)C(C)C)cc(OC)c1OC. The molecule has 0 aromatic heterocycles. The second-order valence-electron chi connectivity index (χ2n) is 7.25. The molecule has 8 nitrogen and oxygen atoms in total. The Bertz CT molecular complexity index is 914. The van der Waals surface area contributed by atoms with E-state index in [0.29, 0.717) is 28.4 Å². The number of hydrazone groups is 1. The van der Waals surface area contributed by atoms with Gasteiger partial charge in [-0.2, -0.15) is 5.10 Å². The minimum Gasteiger partial charge on any atom is -0.493 e. The number of carbonyl (C=O) groups excluding carboxylic acids is 2. The van der Waals surface area contributed by atoms with Gasteiger partial charge in [-0.15, -0.1) is 0 Å². The monoisotopic (exact) mass is 427 g/mol. The highest BCUT2D eigenvalue weighted by Gasteiger charge is 2.24. The predicted molar refractivity (Wildman–Crippen MR) is 119 cm³/mol. The van der Waals surface area contributed by atoms with Gasteiger partial charge in [0.05, 0.1) is 27.5 Å². The molecule has 1 atom stereocenters. The minimum atomic E-state index is -0.745. The number of benzene rings is 2. The van der Waals surface area contributed by atoms with E-state index in [2.05, 4.69) is 15.8 Å². The zero-order chi connectivity index (χ0) is 23.0. The Morgan fingerprint density at radius 2 is 1.55 bits per heavy atom. The molecule has 0 heterocycles. The molecule has 2 aromatic carbocycles. The Kier molecular flexibility index (Phi) is 8.43. The van der Waals surface area contributed by atoms with E-state index < -0.39 is 11.9 Å². The molecule has 0 saturated heterocycles. The first-order valence-corrected chi connectivity index (χ1v) is 9.81. The topological polar surface area (TPSA) is 98.2 Å². The van der Waals surface area contributed by atoms with Crippen LogP contribution in [0, 0.1) is 12.8 Å². The quantitative estimate of drug-likeness (QED) is 0.474. The van der Waals surface area contributed by atoms with Crippen LogP contribution in [0.15, 0.2) is 41.5 Å². The van der Waals surface area contributed by atoms with E-state index in [1.165, 1.54) is 27.5 Å². The number of carbonyl (C=O) groups is 2. The van der Waals surface area contributed by atoms with E-state index in [0.717, 1.165) is 5.56 Å². The molecular formula is C23H29N3O5. The molecule has 2 amide bonds. The van der Waals surface area contributed by atoms with Crippen LogP contribution in [0.25, 0.3) is 0 Å². The van der Waals surface area contributed by atoms with Gasteiger partial charge in [0.1, 0.15) is 6.04 Å². The zero-order valence-corrected chi connectivity index (χ0v) is 18.7. The summed E-state index contributed by atoms with van der Waals surface area (Å²) in [7, 11) is 4.55. The van der Waals surface area contributed by atoms with Crippen LogP contribution in [0.1, 0.15) is 35.3 Å². The summed E-state index contributed by atoms with van der Waals surface area (Å²) in [6.07, 6.45) is 1.46. The molecule has 0 spiro atoms. The second-order valence-corrected chi connectivity index (χ2v) is 7.25. The molecular weight excluding hydrogens is 398 g/mol.